The van der Waals surface area contributed by atoms with Crippen molar-refractivity contribution in [3.8, 4) is 5.75 Å². The minimum atomic E-state index is 0.0526. The van der Waals surface area contributed by atoms with Crippen molar-refractivity contribution in [3.05, 3.63) is 44.3 Å². The summed E-state index contributed by atoms with van der Waals surface area (Å²) in [4.78, 5) is 15.4. The van der Waals surface area contributed by atoms with Crippen molar-refractivity contribution < 1.29 is 9.53 Å². The van der Waals surface area contributed by atoms with E-state index in [0.717, 1.165) is 21.5 Å². The Morgan fingerprint density at radius 2 is 2.15 bits per heavy atom. The zero-order valence-electron chi connectivity index (χ0n) is 11.6. The standard InChI is InChI=1S/C15H16BrNO2S/c1-15(2,3)13-9-20-14(17-13)8-19-11-4-5-12(16)10(6-11)7-18/h4-7,9H,8H2,1-3H3. The summed E-state index contributed by atoms with van der Waals surface area (Å²) in [5.41, 5.74) is 1.71. The Balaban J connectivity index is 2.05. The lowest BCUT2D eigenvalue weighted by Gasteiger charge is -2.14. The molecule has 5 heteroatoms. The van der Waals surface area contributed by atoms with Crippen molar-refractivity contribution in [2.24, 2.45) is 0 Å². The monoisotopic (exact) mass is 353 g/mol. The minimum Gasteiger partial charge on any atom is -0.486 e. The molecule has 0 aliphatic rings. The number of aromatic nitrogens is 1. The van der Waals surface area contributed by atoms with Crippen molar-refractivity contribution in [1.82, 2.24) is 4.98 Å². The summed E-state index contributed by atoms with van der Waals surface area (Å²) in [7, 11) is 0. The number of thiazole rings is 1. The van der Waals surface area contributed by atoms with E-state index in [0.29, 0.717) is 17.9 Å². The summed E-state index contributed by atoms with van der Waals surface area (Å²) < 4.78 is 6.45. The number of nitrogens with zero attached hydrogens (tertiary/aromatic N) is 1. The third-order valence-corrected chi connectivity index (χ3v) is 4.32. The molecule has 0 fully saturated rings. The number of hydrogen-bond acceptors (Lipinski definition) is 4. The SMILES string of the molecule is CC(C)(C)c1csc(COc2ccc(Br)c(C=O)c2)n1. The van der Waals surface area contributed by atoms with Crippen LogP contribution in [-0.4, -0.2) is 11.3 Å². The zero-order chi connectivity index (χ0) is 14.8. The van der Waals surface area contributed by atoms with E-state index >= 15 is 0 Å². The van der Waals surface area contributed by atoms with Gasteiger partial charge in [-0.05, 0) is 18.2 Å². The molecule has 1 aromatic heterocycles. The molecule has 3 nitrogen and oxygen atoms in total. The van der Waals surface area contributed by atoms with Gasteiger partial charge in [0, 0.05) is 20.8 Å². The molecule has 0 saturated carbocycles. The van der Waals surface area contributed by atoms with Gasteiger partial charge in [0.15, 0.2) is 6.29 Å². The first-order chi connectivity index (χ1) is 9.40. The molecule has 1 heterocycles. The van der Waals surface area contributed by atoms with Crippen LogP contribution < -0.4 is 4.74 Å². The second-order valence-corrected chi connectivity index (χ2v) is 7.26. The van der Waals surface area contributed by atoms with Crippen LogP contribution >= 0.6 is 27.3 Å². The Morgan fingerprint density at radius 1 is 1.40 bits per heavy atom. The molecule has 0 N–H and O–H groups in total. The lowest BCUT2D eigenvalue weighted by atomic mass is 9.93. The van der Waals surface area contributed by atoms with Crippen LogP contribution in [0.4, 0.5) is 0 Å². The largest absolute Gasteiger partial charge is 0.486 e. The average Bonchev–Trinajstić information content (AvgIpc) is 2.86. The molecule has 0 aliphatic carbocycles. The van der Waals surface area contributed by atoms with E-state index in [1.54, 1.807) is 17.4 Å². The highest BCUT2D eigenvalue weighted by atomic mass is 79.9. The number of aldehydes is 1. The fourth-order valence-electron chi connectivity index (χ4n) is 1.57. The van der Waals surface area contributed by atoms with Gasteiger partial charge >= 0.3 is 0 Å². The van der Waals surface area contributed by atoms with Gasteiger partial charge < -0.3 is 4.74 Å². The number of halogens is 1. The Morgan fingerprint density at radius 3 is 2.75 bits per heavy atom. The van der Waals surface area contributed by atoms with E-state index in [1.807, 2.05) is 12.1 Å². The van der Waals surface area contributed by atoms with Gasteiger partial charge in [-0.15, -0.1) is 11.3 Å². The molecule has 20 heavy (non-hydrogen) atoms. The molecule has 0 bridgehead atoms. The van der Waals surface area contributed by atoms with Gasteiger partial charge in [-0.2, -0.15) is 0 Å². The summed E-state index contributed by atoms with van der Waals surface area (Å²) in [5.74, 6) is 0.669. The lowest BCUT2D eigenvalue weighted by Crippen LogP contribution is -2.11. The first kappa shape index (κ1) is 15.2. The van der Waals surface area contributed by atoms with E-state index in [9.17, 15) is 4.79 Å². The summed E-state index contributed by atoms with van der Waals surface area (Å²) >= 11 is 4.91. The fraction of sp³-hybridized carbons (Fsp3) is 0.333. The third-order valence-electron chi connectivity index (χ3n) is 2.78. The number of rotatable bonds is 4. The van der Waals surface area contributed by atoms with Crippen LogP contribution in [0, 0.1) is 0 Å². The molecule has 0 aliphatic heterocycles. The van der Waals surface area contributed by atoms with Crippen LogP contribution in [0.1, 0.15) is 41.8 Å². The number of carbonyl (C=O) groups is 1. The molecule has 0 spiro atoms. The second kappa shape index (κ2) is 6.06. The molecule has 0 unspecified atom stereocenters. The average molecular weight is 354 g/mol. The van der Waals surface area contributed by atoms with Crippen molar-refractivity contribution in [1.29, 1.82) is 0 Å². The molecule has 0 amide bonds. The molecule has 0 atom stereocenters. The maximum absolute atomic E-state index is 10.9. The first-order valence-corrected chi connectivity index (χ1v) is 7.90. The molecule has 0 radical (unpaired) electrons. The van der Waals surface area contributed by atoms with Crippen LogP contribution in [-0.2, 0) is 12.0 Å². The highest BCUT2D eigenvalue weighted by molar-refractivity contribution is 9.10. The summed E-state index contributed by atoms with van der Waals surface area (Å²) in [6, 6.07) is 5.35. The van der Waals surface area contributed by atoms with Crippen LogP contribution in [0.15, 0.2) is 28.1 Å². The number of ether oxygens (including phenoxy) is 1. The van der Waals surface area contributed by atoms with Gasteiger partial charge in [0.25, 0.3) is 0 Å². The molecule has 106 valence electrons. The van der Waals surface area contributed by atoms with E-state index in [4.69, 9.17) is 4.74 Å². The van der Waals surface area contributed by atoms with Crippen LogP contribution in [0.3, 0.4) is 0 Å². The highest BCUT2D eigenvalue weighted by Crippen LogP contribution is 2.25. The number of carbonyl (C=O) groups excluding carboxylic acids is 1. The molecule has 0 saturated heterocycles. The Hall–Kier alpha value is -1.20. The van der Waals surface area contributed by atoms with E-state index in [1.165, 1.54) is 0 Å². The molecule has 1 aromatic carbocycles. The van der Waals surface area contributed by atoms with Gasteiger partial charge in [0.05, 0.1) is 5.69 Å². The van der Waals surface area contributed by atoms with Crippen molar-refractivity contribution in [2.75, 3.05) is 0 Å². The number of benzene rings is 1. The third kappa shape index (κ3) is 3.67. The van der Waals surface area contributed by atoms with E-state index in [2.05, 4.69) is 47.1 Å². The van der Waals surface area contributed by atoms with E-state index < -0.39 is 0 Å². The Kier molecular flexibility index (Phi) is 4.60. The highest BCUT2D eigenvalue weighted by Gasteiger charge is 2.17. The van der Waals surface area contributed by atoms with Gasteiger partial charge in [-0.3, -0.25) is 4.79 Å². The van der Waals surface area contributed by atoms with Crippen LogP contribution in [0.5, 0.6) is 5.75 Å². The van der Waals surface area contributed by atoms with Crippen LogP contribution in [0.2, 0.25) is 0 Å². The fourth-order valence-corrected chi connectivity index (χ4v) is 2.84. The topological polar surface area (TPSA) is 39.2 Å². The first-order valence-electron chi connectivity index (χ1n) is 6.22. The summed E-state index contributed by atoms with van der Waals surface area (Å²) in [6.07, 6.45) is 0.804. The van der Waals surface area contributed by atoms with Crippen molar-refractivity contribution in [3.63, 3.8) is 0 Å². The lowest BCUT2D eigenvalue weighted by molar-refractivity contribution is 0.112. The Bertz CT molecular complexity index is 617. The number of hydrogen-bond donors (Lipinski definition) is 0. The Labute approximate surface area is 131 Å². The zero-order valence-corrected chi connectivity index (χ0v) is 14.0. The normalized spacial score (nSPS) is 11.4. The maximum Gasteiger partial charge on any atom is 0.151 e. The smallest absolute Gasteiger partial charge is 0.151 e. The van der Waals surface area contributed by atoms with Gasteiger partial charge in [-0.25, -0.2) is 4.98 Å². The van der Waals surface area contributed by atoms with E-state index in [-0.39, 0.29) is 5.41 Å². The van der Waals surface area contributed by atoms with Crippen molar-refractivity contribution >= 4 is 33.6 Å². The molecule has 2 aromatic rings. The quantitative estimate of drug-likeness (QED) is 0.754. The van der Waals surface area contributed by atoms with Crippen LogP contribution in [0.25, 0.3) is 0 Å². The molecular formula is C15H16BrNO2S. The minimum absolute atomic E-state index is 0.0526. The summed E-state index contributed by atoms with van der Waals surface area (Å²) in [5, 5.41) is 3.00. The molecular weight excluding hydrogens is 338 g/mol. The van der Waals surface area contributed by atoms with Gasteiger partial charge in [0.1, 0.15) is 17.4 Å². The predicted octanol–water partition coefficient (Wildman–Crippen LogP) is 4.59. The predicted molar refractivity (Wildman–Crippen MR) is 84.7 cm³/mol. The second-order valence-electron chi connectivity index (χ2n) is 5.47. The van der Waals surface area contributed by atoms with Crippen molar-refractivity contribution in [2.45, 2.75) is 32.8 Å². The summed E-state index contributed by atoms with van der Waals surface area (Å²) in [6.45, 7) is 6.83. The molecule has 2 rings (SSSR count). The van der Waals surface area contributed by atoms with Gasteiger partial charge in [0.2, 0.25) is 0 Å². The van der Waals surface area contributed by atoms with Gasteiger partial charge in [-0.1, -0.05) is 36.7 Å². The maximum atomic E-state index is 10.9.